The van der Waals surface area contributed by atoms with Crippen LogP contribution in [0.5, 0.6) is 0 Å². The van der Waals surface area contributed by atoms with Gasteiger partial charge in [-0.05, 0) is 42.9 Å². The summed E-state index contributed by atoms with van der Waals surface area (Å²) in [6.07, 6.45) is 4.55. The summed E-state index contributed by atoms with van der Waals surface area (Å²) in [7, 11) is 1.84. The van der Waals surface area contributed by atoms with Crippen molar-refractivity contribution in [3.8, 4) is 11.1 Å². The minimum absolute atomic E-state index is 0.0138. The highest BCUT2D eigenvalue weighted by molar-refractivity contribution is 7.19. The second kappa shape index (κ2) is 8.36. The van der Waals surface area contributed by atoms with Gasteiger partial charge in [0.1, 0.15) is 11.4 Å². The third-order valence-corrected chi connectivity index (χ3v) is 7.43. The maximum absolute atomic E-state index is 13.4. The topological polar surface area (TPSA) is 55.2 Å². The molecule has 1 aliphatic rings. The molecule has 0 bridgehead atoms. The number of hydrogen-bond donors (Lipinski definition) is 0. The Morgan fingerprint density at radius 3 is 2.72 bits per heavy atom. The first kappa shape index (κ1) is 20.6. The highest BCUT2D eigenvalue weighted by Gasteiger charge is 2.27. The first-order chi connectivity index (χ1) is 15.5. The Labute approximate surface area is 191 Å². The predicted octanol–water partition coefficient (Wildman–Crippen LogP) is 4.97. The molecule has 0 saturated carbocycles. The number of aromatic nitrogens is 2. The summed E-state index contributed by atoms with van der Waals surface area (Å²) >= 11 is 1.52. The van der Waals surface area contributed by atoms with Crippen LogP contribution in [0.2, 0.25) is 0 Å². The van der Waals surface area contributed by atoms with E-state index in [1.807, 2.05) is 50.4 Å². The number of carbonyl (C=O) groups is 1. The lowest BCUT2D eigenvalue weighted by Crippen LogP contribution is -2.37. The van der Waals surface area contributed by atoms with Crippen LogP contribution in [-0.2, 0) is 17.8 Å². The lowest BCUT2D eigenvalue weighted by molar-refractivity contribution is -0.133. The van der Waals surface area contributed by atoms with Crippen LogP contribution in [0.25, 0.3) is 21.3 Å². The van der Waals surface area contributed by atoms with Crippen molar-refractivity contribution in [2.24, 2.45) is 0 Å². The van der Waals surface area contributed by atoms with Crippen LogP contribution >= 0.6 is 11.3 Å². The van der Waals surface area contributed by atoms with Gasteiger partial charge in [0.25, 0.3) is 5.56 Å². The van der Waals surface area contributed by atoms with Crippen LogP contribution in [-0.4, -0.2) is 27.4 Å². The van der Waals surface area contributed by atoms with Gasteiger partial charge < -0.3 is 4.90 Å². The van der Waals surface area contributed by atoms with Gasteiger partial charge in [0.15, 0.2) is 0 Å². The standard InChI is InChI=1S/C26H25N3O2S/c1-17-23(19-10-4-3-5-11-19)24-25(32-17)27-16-29(26(24)31)15-22(30)28(2)21-14-8-12-18-9-6-7-13-20(18)21/h3-7,9-11,13,16,21H,8,12,14-15H2,1-2H3/t21-/m1/s1. The Kier molecular flexibility index (Phi) is 5.39. The molecule has 0 aliphatic heterocycles. The number of likely N-dealkylation sites (N-methyl/N-ethyl adjacent to an activating group) is 1. The van der Waals surface area contributed by atoms with Crippen LogP contribution in [0.1, 0.15) is 34.9 Å². The SMILES string of the molecule is Cc1sc2ncn(CC(=O)N(C)[C@@H]3CCCc4ccccc43)c(=O)c2c1-c1ccccc1. The Bertz CT molecular complexity index is 1360. The summed E-state index contributed by atoms with van der Waals surface area (Å²) in [5.74, 6) is -0.0804. The number of nitrogens with zero attached hydrogens (tertiary/aromatic N) is 3. The summed E-state index contributed by atoms with van der Waals surface area (Å²) in [6, 6.07) is 18.3. The maximum atomic E-state index is 13.4. The number of carbonyl (C=O) groups excluding carboxylic acids is 1. The molecule has 0 saturated heterocycles. The highest BCUT2D eigenvalue weighted by Crippen LogP contribution is 2.36. The number of amides is 1. The molecule has 162 valence electrons. The molecule has 0 N–H and O–H groups in total. The Morgan fingerprint density at radius 1 is 1.16 bits per heavy atom. The molecule has 0 spiro atoms. The van der Waals surface area contributed by atoms with E-state index in [4.69, 9.17) is 0 Å². The van der Waals surface area contributed by atoms with E-state index in [-0.39, 0.29) is 24.1 Å². The monoisotopic (exact) mass is 443 g/mol. The van der Waals surface area contributed by atoms with Crippen LogP contribution in [0.3, 0.4) is 0 Å². The summed E-state index contributed by atoms with van der Waals surface area (Å²) in [5, 5.41) is 0.597. The van der Waals surface area contributed by atoms with Crippen molar-refractivity contribution in [1.29, 1.82) is 0 Å². The van der Waals surface area contributed by atoms with Gasteiger partial charge in [0.05, 0.1) is 17.8 Å². The minimum Gasteiger partial charge on any atom is -0.337 e. The largest absolute Gasteiger partial charge is 0.337 e. The second-order valence-electron chi connectivity index (χ2n) is 8.37. The molecule has 0 unspecified atom stereocenters. The van der Waals surface area contributed by atoms with E-state index in [9.17, 15) is 9.59 Å². The number of benzene rings is 2. The van der Waals surface area contributed by atoms with E-state index in [0.717, 1.165) is 35.3 Å². The van der Waals surface area contributed by atoms with Gasteiger partial charge in [0.2, 0.25) is 5.91 Å². The fourth-order valence-corrected chi connectivity index (χ4v) is 5.77. The Morgan fingerprint density at radius 2 is 1.91 bits per heavy atom. The van der Waals surface area contributed by atoms with Gasteiger partial charge in [0, 0.05) is 17.5 Å². The molecular formula is C26H25N3O2S. The summed E-state index contributed by atoms with van der Waals surface area (Å²) < 4.78 is 1.45. The van der Waals surface area contributed by atoms with Gasteiger partial charge in [-0.2, -0.15) is 0 Å². The van der Waals surface area contributed by atoms with Crippen molar-refractivity contribution in [3.63, 3.8) is 0 Å². The van der Waals surface area contributed by atoms with Crippen molar-refractivity contribution in [2.75, 3.05) is 7.05 Å². The average Bonchev–Trinajstić information content (AvgIpc) is 3.17. The first-order valence-corrected chi connectivity index (χ1v) is 11.7. The lowest BCUT2D eigenvalue weighted by atomic mass is 9.87. The van der Waals surface area contributed by atoms with Crippen molar-refractivity contribution in [2.45, 2.75) is 38.8 Å². The summed E-state index contributed by atoms with van der Waals surface area (Å²) in [5.41, 5.74) is 4.28. The van der Waals surface area contributed by atoms with Gasteiger partial charge >= 0.3 is 0 Å². The van der Waals surface area contributed by atoms with E-state index in [0.29, 0.717) is 10.2 Å². The molecule has 2 aromatic heterocycles. The average molecular weight is 444 g/mol. The highest BCUT2D eigenvalue weighted by atomic mass is 32.1. The third kappa shape index (κ3) is 3.54. The third-order valence-electron chi connectivity index (χ3n) is 6.42. The van der Waals surface area contributed by atoms with Crippen molar-refractivity contribution in [3.05, 3.63) is 87.3 Å². The summed E-state index contributed by atoms with van der Waals surface area (Å²) in [4.78, 5) is 34.7. The molecule has 4 aromatic rings. The molecule has 6 heteroatoms. The maximum Gasteiger partial charge on any atom is 0.263 e. The van der Waals surface area contributed by atoms with E-state index in [1.165, 1.54) is 33.4 Å². The van der Waals surface area contributed by atoms with Crippen LogP contribution in [0, 0.1) is 6.92 Å². The predicted molar refractivity (Wildman–Crippen MR) is 129 cm³/mol. The van der Waals surface area contributed by atoms with E-state index >= 15 is 0 Å². The number of thiophene rings is 1. The quantitative estimate of drug-likeness (QED) is 0.448. The molecule has 1 atom stereocenters. The Hall–Kier alpha value is -3.25. The van der Waals surface area contributed by atoms with E-state index in [1.54, 1.807) is 4.90 Å². The van der Waals surface area contributed by atoms with Crippen molar-refractivity contribution >= 4 is 27.5 Å². The van der Waals surface area contributed by atoms with Crippen molar-refractivity contribution < 1.29 is 4.79 Å². The van der Waals surface area contributed by atoms with Crippen LogP contribution in [0.15, 0.2) is 65.7 Å². The molecule has 1 amide bonds. The normalized spacial score (nSPS) is 15.5. The number of hydrogen-bond acceptors (Lipinski definition) is 4. The zero-order valence-corrected chi connectivity index (χ0v) is 19.1. The number of aryl methyl sites for hydroxylation is 2. The molecule has 0 fully saturated rings. The smallest absolute Gasteiger partial charge is 0.263 e. The zero-order chi connectivity index (χ0) is 22.2. The zero-order valence-electron chi connectivity index (χ0n) is 18.2. The fourth-order valence-electron chi connectivity index (χ4n) is 4.76. The molecule has 2 heterocycles. The van der Waals surface area contributed by atoms with Gasteiger partial charge in [-0.25, -0.2) is 4.98 Å². The molecular weight excluding hydrogens is 418 g/mol. The number of fused-ring (bicyclic) bond motifs is 2. The molecule has 5 rings (SSSR count). The second-order valence-corrected chi connectivity index (χ2v) is 9.57. The van der Waals surface area contributed by atoms with E-state index in [2.05, 4.69) is 23.2 Å². The fraction of sp³-hybridized carbons (Fsp3) is 0.269. The minimum atomic E-state index is -0.163. The van der Waals surface area contributed by atoms with Crippen molar-refractivity contribution in [1.82, 2.24) is 14.5 Å². The molecule has 1 aliphatic carbocycles. The van der Waals surface area contributed by atoms with Gasteiger partial charge in [-0.15, -0.1) is 11.3 Å². The molecule has 5 nitrogen and oxygen atoms in total. The summed E-state index contributed by atoms with van der Waals surface area (Å²) in [6.45, 7) is 2.00. The van der Waals surface area contributed by atoms with E-state index < -0.39 is 0 Å². The number of rotatable bonds is 4. The van der Waals surface area contributed by atoms with Gasteiger partial charge in [-0.3, -0.25) is 14.2 Å². The Balaban J connectivity index is 1.48. The molecule has 32 heavy (non-hydrogen) atoms. The van der Waals surface area contributed by atoms with Gasteiger partial charge in [-0.1, -0.05) is 54.6 Å². The molecule has 2 aromatic carbocycles. The molecule has 0 radical (unpaired) electrons. The first-order valence-electron chi connectivity index (χ1n) is 10.9. The van der Waals surface area contributed by atoms with Crippen LogP contribution in [0.4, 0.5) is 0 Å². The van der Waals surface area contributed by atoms with Crippen LogP contribution < -0.4 is 5.56 Å². The lowest BCUT2D eigenvalue weighted by Gasteiger charge is -2.33.